The van der Waals surface area contributed by atoms with Crippen molar-refractivity contribution in [3.05, 3.63) is 100 Å². The number of carbonyl (C=O) groups excluding carboxylic acids is 2. The summed E-state index contributed by atoms with van der Waals surface area (Å²) >= 11 is 6.27. The minimum absolute atomic E-state index is 0.120. The number of phenols is 1. The monoisotopic (exact) mass is 584 g/mol. The van der Waals surface area contributed by atoms with Crippen LogP contribution in [0.15, 0.2) is 89.5 Å². The van der Waals surface area contributed by atoms with E-state index < -0.39 is 11.8 Å². The number of anilines is 3. The number of carbonyl (C=O) groups is 2. The summed E-state index contributed by atoms with van der Waals surface area (Å²) in [6, 6.07) is 22.0. The second-order valence-corrected chi connectivity index (χ2v) is 11.7. The lowest BCUT2D eigenvalue weighted by molar-refractivity contribution is -0.122. The molecule has 0 saturated carbocycles. The number of hydrogen-bond donors (Lipinski definition) is 3. The van der Waals surface area contributed by atoms with E-state index >= 15 is 0 Å². The Labute approximate surface area is 250 Å². The number of amides is 2. The number of imide groups is 1. The summed E-state index contributed by atoms with van der Waals surface area (Å²) in [6.45, 7) is 2.21. The van der Waals surface area contributed by atoms with Crippen molar-refractivity contribution < 1.29 is 24.5 Å². The van der Waals surface area contributed by atoms with E-state index in [1.54, 1.807) is 24.3 Å². The molecule has 2 saturated heterocycles. The van der Waals surface area contributed by atoms with Gasteiger partial charge in [-0.2, -0.15) is 0 Å². The van der Waals surface area contributed by atoms with Gasteiger partial charge in [-0.25, -0.2) is 0 Å². The predicted molar refractivity (Wildman–Crippen MR) is 164 cm³/mol. The molecular formula is C34H33ClN2O5. The maximum atomic E-state index is 13.8. The highest BCUT2D eigenvalue weighted by Crippen LogP contribution is 2.50. The molecule has 2 aliphatic heterocycles. The molecule has 216 valence electrons. The Morgan fingerprint density at radius 3 is 2.48 bits per heavy atom. The van der Waals surface area contributed by atoms with Crippen LogP contribution < -0.4 is 10.2 Å². The van der Waals surface area contributed by atoms with Gasteiger partial charge in [0, 0.05) is 17.3 Å². The average molecular weight is 585 g/mol. The van der Waals surface area contributed by atoms with Crippen LogP contribution in [0.2, 0.25) is 5.02 Å². The molecule has 1 aliphatic carbocycles. The lowest BCUT2D eigenvalue weighted by Crippen LogP contribution is -2.35. The topological polar surface area (TPSA) is 99.1 Å². The molecule has 6 rings (SSSR count). The van der Waals surface area contributed by atoms with Crippen LogP contribution in [0.4, 0.5) is 17.1 Å². The van der Waals surface area contributed by atoms with Gasteiger partial charge in [-0.1, -0.05) is 41.4 Å². The van der Waals surface area contributed by atoms with Gasteiger partial charge in [0.2, 0.25) is 11.8 Å². The van der Waals surface area contributed by atoms with Gasteiger partial charge in [0.05, 0.1) is 41.9 Å². The number of rotatable bonds is 8. The standard InChI is InChI=1S/C34H33ClN2O5/c1-20(15-21-8-13-26(39)17-29(21)35)7-14-30-31-22(18-38)16-27-32(28(31)19-42-30)34(41)37(33(27)40)25-11-9-24(10-12-25)36-23-5-3-2-4-6-23/h2-6,8-13,15,17,27-28,30,32,36,38-39H,7,14,16,18-19H2,1H3/b20-15+/t27-,28+,30-,32-/m1/s1. The van der Waals surface area contributed by atoms with Crippen LogP contribution >= 0.6 is 11.6 Å². The number of aliphatic hydroxyl groups is 1. The number of fused-ring (bicyclic) bond motifs is 3. The van der Waals surface area contributed by atoms with Gasteiger partial charge in [0.15, 0.2) is 0 Å². The molecule has 0 radical (unpaired) electrons. The van der Waals surface area contributed by atoms with Crippen molar-refractivity contribution in [3.63, 3.8) is 0 Å². The lowest BCUT2D eigenvalue weighted by Gasteiger charge is -2.31. The molecule has 2 heterocycles. The molecule has 0 aromatic heterocycles. The lowest BCUT2D eigenvalue weighted by atomic mass is 9.69. The minimum Gasteiger partial charge on any atom is -0.508 e. The van der Waals surface area contributed by atoms with Crippen molar-refractivity contribution >= 4 is 46.6 Å². The zero-order valence-electron chi connectivity index (χ0n) is 23.3. The van der Waals surface area contributed by atoms with Crippen molar-refractivity contribution in [2.24, 2.45) is 17.8 Å². The van der Waals surface area contributed by atoms with Crippen LogP contribution in [0.1, 0.15) is 31.7 Å². The van der Waals surface area contributed by atoms with Crippen molar-refractivity contribution in [3.8, 4) is 5.75 Å². The van der Waals surface area contributed by atoms with Gasteiger partial charge in [0.1, 0.15) is 5.75 Å². The highest BCUT2D eigenvalue weighted by Gasteiger charge is 2.57. The fraction of sp³-hybridized carbons (Fsp3) is 0.294. The van der Waals surface area contributed by atoms with Crippen LogP contribution in [-0.4, -0.2) is 41.3 Å². The Bertz CT molecular complexity index is 1570. The summed E-state index contributed by atoms with van der Waals surface area (Å²) in [7, 11) is 0. The molecule has 3 aliphatic rings. The van der Waals surface area contributed by atoms with Crippen molar-refractivity contribution in [1.82, 2.24) is 0 Å². The van der Waals surface area contributed by atoms with Crippen LogP contribution in [0.25, 0.3) is 6.08 Å². The molecule has 2 amide bonds. The zero-order valence-corrected chi connectivity index (χ0v) is 24.1. The number of aromatic hydroxyl groups is 1. The van der Waals surface area contributed by atoms with Crippen LogP contribution in [0.3, 0.4) is 0 Å². The molecule has 42 heavy (non-hydrogen) atoms. The van der Waals surface area contributed by atoms with E-state index in [9.17, 15) is 19.8 Å². The average Bonchev–Trinajstić information content (AvgIpc) is 3.52. The summed E-state index contributed by atoms with van der Waals surface area (Å²) in [5.41, 5.74) is 6.08. The van der Waals surface area contributed by atoms with Crippen molar-refractivity contribution in [2.45, 2.75) is 32.3 Å². The fourth-order valence-electron chi connectivity index (χ4n) is 6.59. The van der Waals surface area contributed by atoms with E-state index in [1.807, 2.05) is 55.5 Å². The minimum atomic E-state index is -0.504. The number of ether oxygens (including phenoxy) is 1. The van der Waals surface area contributed by atoms with E-state index in [0.29, 0.717) is 30.2 Å². The maximum absolute atomic E-state index is 13.8. The van der Waals surface area contributed by atoms with Crippen LogP contribution in [-0.2, 0) is 14.3 Å². The number of nitrogens with zero attached hydrogens (tertiary/aromatic N) is 1. The molecule has 3 aromatic rings. The molecule has 4 atom stereocenters. The van der Waals surface area contributed by atoms with E-state index in [2.05, 4.69) is 5.32 Å². The van der Waals surface area contributed by atoms with E-state index in [1.165, 1.54) is 11.0 Å². The van der Waals surface area contributed by atoms with Gasteiger partial charge in [-0.15, -0.1) is 0 Å². The fourth-order valence-corrected chi connectivity index (χ4v) is 6.81. The summed E-state index contributed by atoms with van der Waals surface area (Å²) in [6.07, 6.45) is 3.54. The van der Waals surface area contributed by atoms with Gasteiger partial charge in [0.25, 0.3) is 0 Å². The molecule has 0 spiro atoms. The first-order chi connectivity index (χ1) is 20.3. The molecule has 7 nitrogen and oxygen atoms in total. The highest BCUT2D eigenvalue weighted by molar-refractivity contribution is 6.32. The summed E-state index contributed by atoms with van der Waals surface area (Å²) < 4.78 is 6.23. The predicted octanol–water partition coefficient (Wildman–Crippen LogP) is 6.49. The third kappa shape index (κ3) is 5.36. The Kier molecular flexibility index (Phi) is 7.90. The third-order valence-electron chi connectivity index (χ3n) is 8.57. The summed E-state index contributed by atoms with van der Waals surface area (Å²) in [5, 5.41) is 23.7. The normalized spacial score (nSPS) is 23.8. The molecule has 2 fully saturated rings. The Morgan fingerprint density at radius 1 is 1.02 bits per heavy atom. The Morgan fingerprint density at radius 2 is 1.76 bits per heavy atom. The molecular weight excluding hydrogens is 552 g/mol. The molecule has 0 unspecified atom stereocenters. The summed E-state index contributed by atoms with van der Waals surface area (Å²) in [5.74, 6) is -1.53. The van der Waals surface area contributed by atoms with E-state index in [-0.39, 0.29) is 36.2 Å². The molecule has 3 N–H and O–H groups in total. The van der Waals surface area contributed by atoms with Gasteiger partial charge in [-0.05, 0) is 97.5 Å². The first kappa shape index (κ1) is 28.2. The number of aliphatic hydroxyl groups excluding tert-OH is 1. The van der Waals surface area contributed by atoms with Gasteiger partial charge in [-0.3, -0.25) is 14.5 Å². The molecule has 0 bridgehead atoms. The SMILES string of the molecule is C/C(=C\c1ccc(O)cc1Cl)CC[C@H]1OC[C@H]2C1=C(CO)C[C@H]1C(=O)N(c3ccc(Nc4ccccc4)cc3)C(=O)[C@H]12. The molecule has 3 aromatic carbocycles. The van der Waals surface area contributed by atoms with Gasteiger partial charge >= 0.3 is 0 Å². The zero-order chi connectivity index (χ0) is 29.4. The first-order valence-electron chi connectivity index (χ1n) is 14.2. The quantitative estimate of drug-likeness (QED) is 0.207. The molecule has 8 heteroatoms. The number of phenolic OH excluding ortho intramolecular Hbond substituents is 1. The van der Waals surface area contributed by atoms with Gasteiger partial charge < -0.3 is 20.3 Å². The second kappa shape index (κ2) is 11.8. The second-order valence-electron chi connectivity index (χ2n) is 11.3. The number of benzene rings is 3. The van der Waals surface area contributed by atoms with Crippen LogP contribution in [0, 0.1) is 17.8 Å². The number of halogens is 1. The smallest absolute Gasteiger partial charge is 0.238 e. The maximum Gasteiger partial charge on any atom is 0.238 e. The Hall–Kier alpha value is -3.91. The largest absolute Gasteiger partial charge is 0.508 e. The summed E-state index contributed by atoms with van der Waals surface area (Å²) in [4.78, 5) is 28.7. The van der Waals surface area contributed by atoms with E-state index in [0.717, 1.165) is 40.1 Å². The van der Waals surface area contributed by atoms with Crippen molar-refractivity contribution in [1.29, 1.82) is 0 Å². The highest BCUT2D eigenvalue weighted by atomic mass is 35.5. The van der Waals surface area contributed by atoms with E-state index in [4.69, 9.17) is 16.3 Å². The number of hydrogen-bond acceptors (Lipinski definition) is 6. The number of allylic oxidation sites excluding steroid dienone is 1. The Balaban J connectivity index is 1.17. The number of para-hydroxylation sites is 1. The third-order valence-corrected chi connectivity index (χ3v) is 8.90. The van der Waals surface area contributed by atoms with Crippen molar-refractivity contribution in [2.75, 3.05) is 23.4 Å². The first-order valence-corrected chi connectivity index (χ1v) is 14.6. The number of nitrogens with one attached hydrogen (secondary N) is 1. The van der Waals surface area contributed by atoms with Crippen LogP contribution in [0.5, 0.6) is 5.75 Å².